The first-order valence-electron chi connectivity index (χ1n) is 5.07. The molecule has 1 aromatic rings. The summed E-state index contributed by atoms with van der Waals surface area (Å²) in [6.45, 7) is 1.55. The third-order valence-electron chi connectivity index (χ3n) is 2.54. The molecule has 0 aromatic heterocycles. The molecule has 2 rings (SSSR count). The second-order valence-corrected chi connectivity index (χ2v) is 3.65. The van der Waals surface area contributed by atoms with Crippen LogP contribution in [0.15, 0.2) is 24.3 Å². The number of hydrogen-bond acceptors (Lipinski definition) is 2. The van der Waals surface area contributed by atoms with Crippen LogP contribution in [0.1, 0.15) is 17.2 Å². The second kappa shape index (κ2) is 4.43. The highest BCUT2D eigenvalue weighted by Crippen LogP contribution is 2.35. The summed E-state index contributed by atoms with van der Waals surface area (Å²) in [6, 6.07) is 5.55. The lowest BCUT2D eigenvalue weighted by Gasteiger charge is -2.26. The quantitative estimate of drug-likeness (QED) is 0.801. The Morgan fingerprint density at radius 3 is 2.62 bits per heavy atom. The molecule has 16 heavy (non-hydrogen) atoms. The monoisotopic (exact) mass is 231 g/mol. The van der Waals surface area contributed by atoms with Crippen molar-refractivity contribution in [2.45, 2.75) is 12.3 Å². The highest BCUT2D eigenvalue weighted by molar-refractivity contribution is 5.32. The van der Waals surface area contributed by atoms with Gasteiger partial charge in [-0.15, -0.1) is 0 Å². The van der Waals surface area contributed by atoms with Gasteiger partial charge in [0.1, 0.15) is 0 Å². The largest absolute Gasteiger partial charge is 0.416 e. The summed E-state index contributed by atoms with van der Waals surface area (Å²) in [6.07, 6.45) is -4.83. The topological polar surface area (TPSA) is 21.3 Å². The molecule has 1 aliphatic heterocycles. The van der Waals surface area contributed by atoms with Gasteiger partial charge in [-0.1, -0.05) is 18.2 Å². The molecular weight excluding hydrogens is 219 g/mol. The van der Waals surface area contributed by atoms with E-state index in [1.54, 1.807) is 6.07 Å². The van der Waals surface area contributed by atoms with E-state index in [0.29, 0.717) is 19.7 Å². The van der Waals surface area contributed by atoms with E-state index in [0.717, 1.165) is 6.07 Å². The van der Waals surface area contributed by atoms with Gasteiger partial charge < -0.3 is 10.1 Å². The fourth-order valence-corrected chi connectivity index (χ4v) is 1.80. The van der Waals surface area contributed by atoms with Crippen LogP contribution in [0, 0.1) is 0 Å². The van der Waals surface area contributed by atoms with E-state index >= 15 is 0 Å². The summed E-state index contributed by atoms with van der Waals surface area (Å²) in [4.78, 5) is 0. The van der Waals surface area contributed by atoms with Crippen molar-refractivity contribution in [1.29, 1.82) is 0 Å². The number of benzene rings is 1. The van der Waals surface area contributed by atoms with Crippen LogP contribution >= 0.6 is 0 Å². The summed E-state index contributed by atoms with van der Waals surface area (Å²) in [5.74, 6) is 0. The normalized spacial score (nSPS) is 22.1. The zero-order chi connectivity index (χ0) is 11.6. The molecule has 1 atom stereocenters. The van der Waals surface area contributed by atoms with E-state index in [1.807, 2.05) is 0 Å². The van der Waals surface area contributed by atoms with Crippen LogP contribution in [-0.2, 0) is 10.9 Å². The van der Waals surface area contributed by atoms with Gasteiger partial charge in [-0.05, 0) is 11.6 Å². The Morgan fingerprint density at radius 1 is 1.25 bits per heavy atom. The lowest BCUT2D eigenvalue weighted by Crippen LogP contribution is -2.34. The van der Waals surface area contributed by atoms with Gasteiger partial charge in [0.15, 0.2) is 0 Å². The number of ether oxygens (including phenoxy) is 1. The summed E-state index contributed by atoms with van der Waals surface area (Å²) in [5, 5.41) is 3.02. The van der Waals surface area contributed by atoms with E-state index in [1.165, 1.54) is 12.1 Å². The third-order valence-corrected chi connectivity index (χ3v) is 2.54. The Bertz CT molecular complexity index is 358. The van der Waals surface area contributed by atoms with Crippen molar-refractivity contribution in [3.63, 3.8) is 0 Å². The summed E-state index contributed by atoms with van der Waals surface area (Å²) >= 11 is 0. The van der Waals surface area contributed by atoms with Crippen LogP contribution in [0.3, 0.4) is 0 Å². The standard InChI is InChI=1S/C11H12F3NO/c12-11(13,14)9-4-2-1-3-8(9)10-7-15-5-6-16-10/h1-4,10,15H,5-7H2/t10-/m0/s1. The average Bonchev–Trinajstić information content (AvgIpc) is 2.29. The molecule has 1 N–H and O–H groups in total. The first-order valence-corrected chi connectivity index (χ1v) is 5.07. The van der Waals surface area contributed by atoms with Crippen LogP contribution in [0.2, 0.25) is 0 Å². The van der Waals surface area contributed by atoms with E-state index < -0.39 is 17.8 Å². The SMILES string of the molecule is FC(F)(F)c1ccccc1[C@@H]1CNCCO1. The van der Waals surface area contributed by atoms with Gasteiger partial charge in [0.2, 0.25) is 0 Å². The van der Waals surface area contributed by atoms with Gasteiger partial charge in [-0.25, -0.2) is 0 Å². The van der Waals surface area contributed by atoms with Crippen LogP contribution in [-0.4, -0.2) is 19.7 Å². The molecular formula is C11H12F3NO. The van der Waals surface area contributed by atoms with Gasteiger partial charge in [0, 0.05) is 13.1 Å². The van der Waals surface area contributed by atoms with Crippen molar-refractivity contribution < 1.29 is 17.9 Å². The molecule has 1 aliphatic rings. The molecule has 0 bridgehead atoms. The first kappa shape index (κ1) is 11.4. The van der Waals surface area contributed by atoms with Crippen molar-refractivity contribution in [3.05, 3.63) is 35.4 Å². The lowest BCUT2D eigenvalue weighted by molar-refractivity contribution is -0.139. The van der Waals surface area contributed by atoms with Crippen molar-refractivity contribution in [1.82, 2.24) is 5.32 Å². The fourth-order valence-electron chi connectivity index (χ4n) is 1.80. The van der Waals surface area contributed by atoms with Gasteiger partial charge >= 0.3 is 6.18 Å². The summed E-state index contributed by atoms with van der Waals surface area (Å²) < 4.78 is 43.5. The van der Waals surface area contributed by atoms with Crippen molar-refractivity contribution in [3.8, 4) is 0 Å². The molecule has 0 radical (unpaired) electrons. The molecule has 1 fully saturated rings. The molecule has 0 saturated carbocycles. The molecule has 0 aliphatic carbocycles. The van der Waals surface area contributed by atoms with Crippen LogP contribution < -0.4 is 5.32 Å². The Kier molecular flexibility index (Phi) is 3.16. The second-order valence-electron chi connectivity index (χ2n) is 3.65. The molecule has 2 nitrogen and oxygen atoms in total. The van der Waals surface area contributed by atoms with E-state index in [-0.39, 0.29) is 5.56 Å². The Labute approximate surface area is 91.4 Å². The summed E-state index contributed by atoms with van der Waals surface area (Å²) in [5.41, 5.74) is -0.397. The molecule has 88 valence electrons. The van der Waals surface area contributed by atoms with Gasteiger partial charge in [-0.3, -0.25) is 0 Å². The third kappa shape index (κ3) is 2.36. The van der Waals surface area contributed by atoms with Gasteiger partial charge in [0.05, 0.1) is 18.3 Å². The predicted octanol–water partition coefficient (Wildman–Crippen LogP) is 2.37. The minimum Gasteiger partial charge on any atom is -0.371 e. The molecule has 5 heteroatoms. The van der Waals surface area contributed by atoms with E-state index in [9.17, 15) is 13.2 Å². The molecule has 1 heterocycles. The fraction of sp³-hybridized carbons (Fsp3) is 0.455. The Morgan fingerprint density at radius 2 is 2.00 bits per heavy atom. The zero-order valence-electron chi connectivity index (χ0n) is 8.55. The molecule has 1 aromatic carbocycles. The number of nitrogens with one attached hydrogen (secondary N) is 1. The highest BCUT2D eigenvalue weighted by Gasteiger charge is 2.35. The Balaban J connectivity index is 2.32. The molecule has 1 saturated heterocycles. The number of halogens is 3. The minimum absolute atomic E-state index is 0.210. The highest BCUT2D eigenvalue weighted by atomic mass is 19.4. The summed E-state index contributed by atoms with van der Waals surface area (Å²) in [7, 11) is 0. The van der Waals surface area contributed by atoms with Crippen LogP contribution in [0.4, 0.5) is 13.2 Å². The van der Waals surface area contributed by atoms with Crippen molar-refractivity contribution in [2.24, 2.45) is 0 Å². The molecule has 0 amide bonds. The average molecular weight is 231 g/mol. The maximum atomic E-state index is 12.7. The smallest absolute Gasteiger partial charge is 0.371 e. The lowest BCUT2D eigenvalue weighted by atomic mass is 10.0. The van der Waals surface area contributed by atoms with Crippen molar-refractivity contribution in [2.75, 3.05) is 19.7 Å². The van der Waals surface area contributed by atoms with Crippen LogP contribution in [0.5, 0.6) is 0 Å². The van der Waals surface area contributed by atoms with Gasteiger partial charge in [-0.2, -0.15) is 13.2 Å². The predicted molar refractivity (Wildman–Crippen MR) is 53.0 cm³/mol. The molecule has 0 unspecified atom stereocenters. The number of rotatable bonds is 1. The molecule has 0 spiro atoms. The zero-order valence-corrected chi connectivity index (χ0v) is 8.55. The Hall–Kier alpha value is -1.07. The maximum absolute atomic E-state index is 12.7. The van der Waals surface area contributed by atoms with E-state index in [2.05, 4.69) is 5.32 Å². The van der Waals surface area contributed by atoms with Crippen molar-refractivity contribution >= 4 is 0 Å². The number of alkyl halides is 3. The van der Waals surface area contributed by atoms with Gasteiger partial charge in [0.25, 0.3) is 0 Å². The minimum atomic E-state index is -4.32. The number of morpholine rings is 1. The van der Waals surface area contributed by atoms with Crippen LogP contribution in [0.25, 0.3) is 0 Å². The number of hydrogen-bond donors (Lipinski definition) is 1. The maximum Gasteiger partial charge on any atom is 0.416 e. The first-order chi connectivity index (χ1) is 7.59. The van der Waals surface area contributed by atoms with E-state index in [4.69, 9.17) is 4.74 Å².